The molecule has 3 heteroatoms. The Morgan fingerprint density at radius 1 is 1.35 bits per heavy atom. The van der Waals surface area contributed by atoms with Crippen molar-refractivity contribution in [3.8, 4) is 0 Å². The van der Waals surface area contributed by atoms with Crippen molar-refractivity contribution in [1.82, 2.24) is 10.3 Å². The number of amides is 1. The topological polar surface area (TPSA) is 42.0 Å². The molecule has 0 saturated carbocycles. The molecule has 0 unspecified atom stereocenters. The summed E-state index contributed by atoms with van der Waals surface area (Å²) < 4.78 is 0. The zero-order valence-corrected chi connectivity index (χ0v) is 11.2. The molecule has 0 aliphatic heterocycles. The lowest BCUT2D eigenvalue weighted by atomic mass is 9.92. The Labute approximate surface area is 104 Å². The smallest absolute Gasteiger partial charge is 0.220 e. The van der Waals surface area contributed by atoms with E-state index in [1.807, 2.05) is 19.3 Å². The highest BCUT2D eigenvalue weighted by atomic mass is 16.1. The first-order chi connectivity index (χ1) is 7.87. The SMILES string of the molecule is Cc1cncc(CCNC(=O)CC(C)(C)C)c1. The molecule has 1 aromatic heterocycles. The van der Waals surface area contributed by atoms with Crippen LogP contribution in [-0.2, 0) is 11.2 Å². The fourth-order valence-electron chi connectivity index (χ4n) is 1.64. The van der Waals surface area contributed by atoms with E-state index in [1.165, 1.54) is 5.56 Å². The van der Waals surface area contributed by atoms with E-state index >= 15 is 0 Å². The van der Waals surface area contributed by atoms with Gasteiger partial charge in [0.15, 0.2) is 0 Å². The lowest BCUT2D eigenvalue weighted by molar-refractivity contribution is -0.122. The van der Waals surface area contributed by atoms with Gasteiger partial charge in [-0.3, -0.25) is 9.78 Å². The summed E-state index contributed by atoms with van der Waals surface area (Å²) in [4.78, 5) is 15.7. The number of carbonyl (C=O) groups is 1. The van der Waals surface area contributed by atoms with E-state index in [2.05, 4.69) is 37.1 Å². The van der Waals surface area contributed by atoms with E-state index in [0.29, 0.717) is 13.0 Å². The Bertz CT molecular complexity index is 380. The van der Waals surface area contributed by atoms with Gasteiger partial charge in [0.05, 0.1) is 0 Å². The number of hydrogen-bond donors (Lipinski definition) is 1. The second-order valence-corrected chi connectivity index (χ2v) is 5.71. The first kappa shape index (κ1) is 13.7. The van der Waals surface area contributed by atoms with E-state index in [1.54, 1.807) is 0 Å². The molecule has 0 aromatic carbocycles. The second kappa shape index (κ2) is 5.80. The highest BCUT2D eigenvalue weighted by Gasteiger charge is 2.15. The average Bonchev–Trinajstić information content (AvgIpc) is 2.14. The molecule has 0 radical (unpaired) electrons. The van der Waals surface area contributed by atoms with Gasteiger partial charge < -0.3 is 5.32 Å². The normalized spacial score (nSPS) is 11.3. The van der Waals surface area contributed by atoms with Crippen LogP contribution >= 0.6 is 0 Å². The summed E-state index contributed by atoms with van der Waals surface area (Å²) in [6.07, 6.45) is 5.09. The minimum Gasteiger partial charge on any atom is -0.356 e. The van der Waals surface area contributed by atoms with Gasteiger partial charge in [-0.05, 0) is 29.9 Å². The average molecular weight is 234 g/mol. The third-order valence-corrected chi connectivity index (χ3v) is 2.36. The molecule has 1 aromatic rings. The predicted octanol–water partition coefficient (Wildman–Crippen LogP) is 2.48. The third kappa shape index (κ3) is 6.05. The lowest BCUT2D eigenvalue weighted by Crippen LogP contribution is -2.29. The van der Waals surface area contributed by atoms with Crippen molar-refractivity contribution in [2.75, 3.05) is 6.54 Å². The molecule has 1 amide bonds. The van der Waals surface area contributed by atoms with Crippen molar-refractivity contribution in [3.63, 3.8) is 0 Å². The van der Waals surface area contributed by atoms with Crippen molar-refractivity contribution in [2.45, 2.75) is 40.5 Å². The van der Waals surface area contributed by atoms with E-state index in [0.717, 1.165) is 12.0 Å². The fourth-order valence-corrected chi connectivity index (χ4v) is 1.64. The molecule has 0 spiro atoms. The summed E-state index contributed by atoms with van der Waals surface area (Å²) in [7, 11) is 0. The standard InChI is InChI=1S/C14H22N2O/c1-11-7-12(10-15-9-11)5-6-16-13(17)8-14(2,3)4/h7,9-10H,5-6,8H2,1-4H3,(H,16,17). The summed E-state index contributed by atoms with van der Waals surface area (Å²) in [5.74, 6) is 0.123. The fraction of sp³-hybridized carbons (Fsp3) is 0.571. The van der Waals surface area contributed by atoms with Gasteiger partial charge in [-0.1, -0.05) is 26.8 Å². The van der Waals surface area contributed by atoms with Gasteiger partial charge in [-0.25, -0.2) is 0 Å². The third-order valence-electron chi connectivity index (χ3n) is 2.36. The van der Waals surface area contributed by atoms with Gasteiger partial charge in [0.1, 0.15) is 0 Å². The molecular formula is C14H22N2O. The van der Waals surface area contributed by atoms with Gasteiger partial charge >= 0.3 is 0 Å². The van der Waals surface area contributed by atoms with Crippen LogP contribution in [0.15, 0.2) is 18.5 Å². The van der Waals surface area contributed by atoms with Gasteiger partial charge in [0, 0.05) is 25.4 Å². The Morgan fingerprint density at radius 2 is 2.06 bits per heavy atom. The van der Waals surface area contributed by atoms with Gasteiger partial charge in [0.2, 0.25) is 5.91 Å². The highest BCUT2D eigenvalue weighted by molar-refractivity contribution is 5.76. The molecule has 3 nitrogen and oxygen atoms in total. The van der Waals surface area contributed by atoms with Crippen molar-refractivity contribution in [3.05, 3.63) is 29.6 Å². The molecule has 1 heterocycles. The Balaban J connectivity index is 2.31. The van der Waals surface area contributed by atoms with Crippen LogP contribution in [-0.4, -0.2) is 17.4 Å². The van der Waals surface area contributed by atoms with Crippen LogP contribution in [0.25, 0.3) is 0 Å². The Kier molecular flexibility index (Phi) is 4.67. The Morgan fingerprint density at radius 3 is 2.65 bits per heavy atom. The molecule has 0 aliphatic carbocycles. The number of nitrogens with zero attached hydrogens (tertiary/aromatic N) is 1. The molecular weight excluding hydrogens is 212 g/mol. The number of aryl methyl sites for hydroxylation is 1. The maximum Gasteiger partial charge on any atom is 0.220 e. The van der Waals surface area contributed by atoms with Crippen LogP contribution in [0, 0.1) is 12.3 Å². The first-order valence-corrected chi connectivity index (χ1v) is 6.04. The molecule has 0 bridgehead atoms. The van der Waals surface area contributed by atoms with Crippen LogP contribution in [0.5, 0.6) is 0 Å². The highest BCUT2D eigenvalue weighted by Crippen LogP contribution is 2.17. The largest absolute Gasteiger partial charge is 0.356 e. The predicted molar refractivity (Wildman–Crippen MR) is 69.8 cm³/mol. The number of nitrogens with one attached hydrogen (secondary N) is 1. The summed E-state index contributed by atoms with van der Waals surface area (Å²) in [6.45, 7) is 8.90. The van der Waals surface area contributed by atoms with Gasteiger partial charge in [-0.15, -0.1) is 0 Å². The van der Waals surface area contributed by atoms with Crippen LogP contribution in [0.4, 0.5) is 0 Å². The van der Waals surface area contributed by atoms with E-state index in [-0.39, 0.29) is 11.3 Å². The van der Waals surface area contributed by atoms with Crippen LogP contribution in [0.1, 0.15) is 38.3 Å². The van der Waals surface area contributed by atoms with E-state index in [9.17, 15) is 4.79 Å². The molecule has 0 saturated heterocycles. The second-order valence-electron chi connectivity index (χ2n) is 5.71. The summed E-state index contributed by atoms with van der Waals surface area (Å²) in [5, 5.41) is 2.94. The first-order valence-electron chi connectivity index (χ1n) is 6.04. The molecule has 1 rings (SSSR count). The van der Waals surface area contributed by atoms with E-state index < -0.39 is 0 Å². The monoisotopic (exact) mass is 234 g/mol. The molecule has 0 atom stereocenters. The maximum absolute atomic E-state index is 11.6. The van der Waals surface area contributed by atoms with E-state index in [4.69, 9.17) is 0 Å². The van der Waals surface area contributed by atoms with Crippen LogP contribution in [0.3, 0.4) is 0 Å². The summed E-state index contributed by atoms with van der Waals surface area (Å²) in [5.41, 5.74) is 2.37. The van der Waals surface area contributed by atoms with Crippen molar-refractivity contribution >= 4 is 5.91 Å². The molecule has 17 heavy (non-hydrogen) atoms. The number of carbonyl (C=O) groups excluding carboxylic acids is 1. The van der Waals surface area contributed by atoms with Gasteiger partial charge in [0.25, 0.3) is 0 Å². The van der Waals surface area contributed by atoms with Crippen LogP contribution < -0.4 is 5.32 Å². The minimum absolute atomic E-state index is 0.0506. The number of hydrogen-bond acceptors (Lipinski definition) is 2. The van der Waals surface area contributed by atoms with Crippen molar-refractivity contribution in [1.29, 1.82) is 0 Å². The zero-order valence-electron chi connectivity index (χ0n) is 11.2. The van der Waals surface area contributed by atoms with Crippen molar-refractivity contribution < 1.29 is 4.79 Å². The Hall–Kier alpha value is -1.38. The minimum atomic E-state index is 0.0506. The van der Waals surface area contributed by atoms with Crippen LogP contribution in [0.2, 0.25) is 0 Å². The summed E-state index contributed by atoms with van der Waals surface area (Å²) >= 11 is 0. The summed E-state index contributed by atoms with van der Waals surface area (Å²) in [6, 6.07) is 2.10. The molecule has 94 valence electrons. The molecule has 0 fully saturated rings. The quantitative estimate of drug-likeness (QED) is 0.869. The number of aromatic nitrogens is 1. The van der Waals surface area contributed by atoms with Gasteiger partial charge in [-0.2, -0.15) is 0 Å². The lowest BCUT2D eigenvalue weighted by Gasteiger charge is -2.17. The molecule has 1 N–H and O–H groups in total. The molecule has 0 aliphatic rings. The zero-order chi connectivity index (χ0) is 12.9. The van der Waals surface area contributed by atoms with Crippen molar-refractivity contribution in [2.24, 2.45) is 5.41 Å². The number of pyridine rings is 1. The maximum atomic E-state index is 11.6. The number of rotatable bonds is 4.